The summed E-state index contributed by atoms with van der Waals surface area (Å²) in [5.41, 5.74) is 7.32. The van der Waals surface area contributed by atoms with E-state index in [1.165, 1.54) is 0 Å². The molecule has 2 aromatic carbocycles. The largest absolute Gasteiger partial charge is 0.488 e. The molecule has 140 valence electrons. The number of amides is 1. The molecule has 27 heavy (non-hydrogen) atoms. The Bertz CT molecular complexity index is 835. The Morgan fingerprint density at radius 1 is 1.00 bits per heavy atom. The van der Waals surface area contributed by atoms with E-state index in [-0.39, 0.29) is 5.91 Å². The minimum absolute atomic E-state index is 0.0273. The second kappa shape index (κ2) is 9.90. The minimum atomic E-state index is -0.0273. The molecule has 0 fully saturated rings. The molecule has 0 saturated heterocycles. The first kappa shape index (κ1) is 19.1. The van der Waals surface area contributed by atoms with E-state index in [9.17, 15) is 4.79 Å². The zero-order chi connectivity index (χ0) is 18.9. The van der Waals surface area contributed by atoms with Crippen molar-refractivity contribution in [3.63, 3.8) is 0 Å². The van der Waals surface area contributed by atoms with Crippen LogP contribution in [0.2, 0.25) is 0 Å². The third kappa shape index (κ3) is 5.42. The quantitative estimate of drug-likeness (QED) is 0.601. The lowest BCUT2D eigenvalue weighted by Crippen LogP contribution is -2.32. The first-order valence-electron chi connectivity index (χ1n) is 9.05. The molecule has 1 aromatic heterocycles. The molecule has 5 heteroatoms. The number of para-hydroxylation sites is 1. The van der Waals surface area contributed by atoms with E-state index < -0.39 is 0 Å². The van der Waals surface area contributed by atoms with Crippen molar-refractivity contribution in [1.29, 1.82) is 0 Å². The summed E-state index contributed by atoms with van der Waals surface area (Å²) in [6.45, 7) is 2.20. The van der Waals surface area contributed by atoms with Crippen molar-refractivity contribution in [1.82, 2.24) is 4.90 Å². The van der Waals surface area contributed by atoms with Gasteiger partial charge in [-0.25, -0.2) is 0 Å². The van der Waals surface area contributed by atoms with Crippen molar-refractivity contribution < 1.29 is 9.53 Å². The van der Waals surface area contributed by atoms with Crippen LogP contribution in [-0.4, -0.2) is 23.9 Å². The molecule has 3 aromatic rings. The number of nitrogens with zero attached hydrogens (tertiary/aromatic N) is 1. The summed E-state index contributed by atoms with van der Waals surface area (Å²) in [7, 11) is 0. The number of carbonyl (C=O) groups excluding carboxylic acids is 1. The molecular formula is C22H24N2O2S. The van der Waals surface area contributed by atoms with Gasteiger partial charge in [0, 0.05) is 11.4 Å². The lowest BCUT2D eigenvalue weighted by molar-refractivity contribution is 0.0739. The molecular weight excluding hydrogens is 356 g/mol. The molecule has 0 aliphatic rings. The molecule has 3 rings (SSSR count). The molecule has 4 nitrogen and oxygen atoms in total. The van der Waals surface area contributed by atoms with Gasteiger partial charge in [-0.2, -0.15) is 0 Å². The van der Waals surface area contributed by atoms with Gasteiger partial charge in [0.25, 0.3) is 5.91 Å². The van der Waals surface area contributed by atoms with Gasteiger partial charge in [-0.15, -0.1) is 11.3 Å². The fraction of sp³-hybridized carbons (Fsp3) is 0.227. The van der Waals surface area contributed by atoms with Crippen LogP contribution < -0.4 is 10.5 Å². The Balaban J connectivity index is 1.76. The van der Waals surface area contributed by atoms with E-state index in [1.807, 2.05) is 77.0 Å². The molecule has 0 spiro atoms. The van der Waals surface area contributed by atoms with Crippen LogP contribution in [0.5, 0.6) is 5.75 Å². The second-order valence-electron chi connectivity index (χ2n) is 6.22. The zero-order valence-corrected chi connectivity index (χ0v) is 16.0. The Kier molecular flexibility index (Phi) is 7.02. The summed E-state index contributed by atoms with van der Waals surface area (Å²) in [4.78, 5) is 16.2. The maximum absolute atomic E-state index is 13.2. The number of benzene rings is 2. The molecule has 0 bridgehead atoms. The Morgan fingerprint density at radius 2 is 1.78 bits per heavy atom. The normalized spacial score (nSPS) is 10.6. The Morgan fingerprint density at radius 3 is 2.52 bits per heavy atom. The fourth-order valence-electron chi connectivity index (χ4n) is 2.80. The van der Waals surface area contributed by atoms with Gasteiger partial charge in [0.2, 0.25) is 0 Å². The number of thiophene rings is 1. The molecule has 0 atom stereocenters. The van der Waals surface area contributed by atoms with Crippen LogP contribution in [0.4, 0.5) is 0 Å². The SMILES string of the molecule is NCCCN(Cc1cccs1)C(=O)c1ccccc1OCc1ccccc1. The van der Waals surface area contributed by atoms with Crippen molar-refractivity contribution in [2.24, 2.45) is 5.73 Å². The average molecular weight is 381 g/mol. The Labute approximate surface area is 164 Å². The highest BCUT2D eigenvalue weighted by atomic mass is 32.1. The molecule has 1 heterocycles. The summed E-state index contributed by atoms with van der Waals surface area (Å²) >= 11 is 1.65. The van der Waals surface area contributed by atoms with E-state index in [0.717, 1.165) is 16.9 Å². The Hall–Kier alpha value is -2.63. The molecule has 0 radical (unpaired) electrons. The van der Waals surface area contributed by atoms with Crippen LogP contribution >= 0.6 is 11.3 Å². The molecule has 2 N–H and O–H groups in total. The number of rotatable bonds is 9. The first-order valence-corrected chi connectivity index (χ1v) is 9.93. The van der Waals surface area contributed by atoms with Crippen LogP contribution in [0.3, 0.4) is 0 Å². The van der Waals surface area contributed by atoms with Crippen LogP contribution in [0.1, 0.15) is 27.2 Å². The summed E-state index contributed by atoms with van der Waals surface area (Å²) in [6, 6.07) is 21.4. The van der Waals surface area contributed by atoms with Gasteiger partial charge < -0.3 is 15.4 Å². The van der Waals surface area contributed by atoms with Gasteiger partial charge in [-0.3, -0.25) is 4.79 Å². The van der Waals surface area contributed by atoms with E-state index in [0.29, 0.717) is 37.6 Å². The summed E-state index contributed by atoms with van der Waals surface area (Å²) in [6.07, 6.45) is 0.768. The van der Waals surface area contributed by atoms with Crippen LogP contribution in [0, 0.1) is 0 Å². The zero-order valence-electron chi connectivity index (χ0n) is 15.2. The van der Waals surface area contributed by atoms with Gasteiger partial charge in [0.1, 0.15) is 12.4 Å². The highest BCUT2D eigenvalue weighted by molar-refractivity contribution is 7.09. The van der Waals surface area contributed by atoms with Gasteiger partial charge in [0.05, 0.1) is 12.1 Å². The highest BCUT2D eigenvalue weighted by Crippen LogP contribution is 2.23. The smallest absolute Gasteiger partial charge is 0.257 e. The highest BCUT2D eigenvalue weighted by Gasteiger charge is 2.20. The lowest BCUT2D eigenvalue weighted by atomic mass is 10.1. The fourth-order valence-corrected chi connectivity index (χ4v) is 3.52. The van der Waals surface area contributed by atoms with Crippen molar-refractivity contribution in [2.75, 3.05) is 13.1 Å². The third-order valence-electron chi connectivity index (χ3n) is 4.20. The van der Waals surface area contributed by atoms with Crippen LogP contribution in [0.15, 0.2) is 72.1 Å². The van der Waals surface area contributed by atoms with Crippen LogP contribution in [-0.2, 0) is 13.2 Å². The van der Waals surface area contributed by atoms with Crippen molar-refractivity contribution in [3.8, 4) is 5.75 Å². The molecule has 0 aliphatic heterocycles. The minimum Gasteiger partial charge on any atom is -0.488 e. The summed E-state index contributed by atoms with van der Waals surface area (Å²) in [5, 5.41) is 2.03. The molecule has 0 saturated carbocycles. The maximum atomic E-state index is 13.2. The van der Waals surface area contributed by atoms with E-state index >= 15 is 0 Å². The van der Waals surface area contributed by atoms with E-state index in [1.54, 1.807) is 11.3 Å². The van der Waals surface area contributed by atoms with Gasteiger partial charge >= 0.3 is 0 Å². The van der Waals surface area contributed by atoms with Crippen LogP contribution in [0.25, 0.3) is 0 Å². The monoisotopic (exact) mass is 380 g/mol. The summed E-state index contributed by atoms with van der Waals surface area (Å²) < 4.78 is 5.96. The number of hydrogen-bond acceptors (Lipinski definition) is 4. The third-order valence-corrected chi connectivity index (χ3v) is 5.06. The molecule has 0 unspecified atom stereocenters. The van der Waals surface area contributed by atoms with E-state index in [4.69, 9.17) is 10.5 Å². The maximum Gasteiger partial charge on any atom is 0.257 e. The number of nitrogens with two attached hydrogens (primary N) is 1. The standard InChI is InChI=1S/C22H24N2O2S/c23-13-7-14-24(16-19-10-6-15-27-19)22(25)20-11-4-5-12-21(20)26-17-18-8-2-1-3-9-18/h1-6,8-12,15H,7,13-14,16-17,23H2. The predicted octanol–water partition coefficient (Wildman–Crippen LogP) is 4.32. The van der Waals surface area contributed by atoms with E-state index in [2.05, 4.69) is 0 Å². The lowest BCUT2D eigenvalue weighted by Gasteiger charge is -2.23. The number of hydrogen-bond donors (Lipinski definition) is 1. The number of carbonyl (C=O) groups is 1. The topological polar surface area (TPSA) is 55.6 Å². The molecule has 1 amide bonds. The van der Waals surface area contributed by atoms with Gasteiger partial charge in [-0.1, -0.05) is 48.5 Å². The van der Waals surface area contributed by atoms with Crippen molar-refractivity contribution in [3.05, 3.63) is 88.1 Å². The average Bonchev–Trinajstić information content (AvgIpc) is 3.23. The second-order valence-corrected chi connectivity index (χ2v) is 7.25. The number of ether oxygens (including phenoxy) is 1. The van der Waals surface area contributed by atoms with Crippen molar-refractivity contribution >= 4 is 17.2 Å². The molecule has 0 aliphatic carbocycles. The first-order chi connectivity index (χ1) is 13.3. The van der Waals surface area contributed by atoms with Gasteiger partial charge in [0.15, 0.2) is 0 Å². The summed E-state index contributed by atoms with van der Waals surface area (Å²) in [5.74, 6) is 0.579. The van der Waals surface area contributed by atoms with Crippen molar-refractivity contribution in [2.45, 2.75) is 19.6 Å². The van der Waals surface area contributed by atoms with Gasteiger partial charge in [-0.05, 0) is 42.1 Å². The predicted molar refractivity (Wildman–Crippen MR) is 110 cm³/mol.